The lowest BCUT2D eigenvalue weighted by Gasteiger charge is -2.39. The Morgan fingerprint density at radius 3 is 2.75 bits per heavy atom. The highest BCUT2D eigenvalue weighted by Gasteiger charge is 2.34. The van der Waals surface area contributed by atoms with Crippen LogP contribution in [0.4, 0.5) is 0 Å². The molecule has 3 atom stereocenters. The zero-order valence-corrected chi connectivity index (χ0v) is 10.7. The molecule has 16 heavy (non-hydrogen) atoms. The maximum Gasteiger partial charge on any atom is 0.0659 e. The molecule has 1 saturated heterocycles. The Hall–Kier alpha value is -0.120. The lowest BCUT2D eigenvalue weighted by Crippen LogP contribution is -2.53. The minimum atomic E-state index is -0.0914. The van der Waals surface area contributed by atoms with Crippen molar-refractivity contribution in [3.63, 3.8) is 0 Å². The molecule has 1 aliphatic heterocycles. The first-order chi connectivity index (χ1) is 7.61. The van der Waals surface area contributed by atoms with Gasteiger partial charge in [0.1, 0.15) is 0 Å². The summed E-state index contributed by atoms with van der Waals surface area (Å²) in [7, 11) is 2.24. The highest BCUT2D eigenvalue weighted by molar-refractivity contribution is 4.93. The van der Waals surface area contributed by atoms with Gasteiger partial charge in [-0.05, 0) is 32.2 Å². The van der Waals surface area contributed by atoms with Gasteiger partial charge in [0, 0.05) is 19.2 Å². The van der Waals surface area contributed by atoms with Gasteiger partial charge in [-0.15, -0.1) is 0 Å². The summed E-state index contributed by atoms with van der Waals surface area (Å²) in [6.07, 6.45) is 6.52. The summed E-state index contributed by atoms with van der Waals surface area (Å²) in [4.78, 5) is 2.48. The highest BCUT2D eigenvalue weighted by Crippen LogP contribution is 2.28. The molecule has 0 bridgehead atoms. The van der Waals surface area contributed by atoms with Crippen molar-refractivity contribution in [3.8, 4) is 0 Å². The second kappa shape index (κ2) is 5.03. The van der Waals surface area contributed by atoms with Crippen LogP contribution in [0, 0.1) is 5.92 Å². The van der Waals surface area contributed by atoms with Gasteiger partial charge in [-0.25, -0.2) is 0 Å². The minimum Gasteiger partial charge on any atom is -0.379 e. The van der Waals surface area contributed by atoms with E-state index in [1.54, 1.807) is 0 Å². The second-order valence-electron chi connectivity index (χ2n) is 5.91. The fourth-order valence-corrected chi connectivity index (χ4v) is 3.31. The van der Waals surface area contributed by atoms with Crippen LogP contribution in [-0.2, 0) is 4.74 Å². The van der Waals surface area contributed by atoms with Crippen LogP contribution in [0.2, 0.25) is 0 Å². The average molecular weight is 226 g/mol. The van der Waals surface area contributed by atoms with Crippen molar-refractivity contribution in [1.29, 1.82) is 0 Å². The quantitative estimate of drug-likeness (QED) is 0.794. The Morgan fingerprint density at radius 1 is 1.38 bits per heavy atom. The predicted molar refractivity (Wildman–Crippen MR) is 66.4 cm³/mol. The van der Waals surface area contributed by atoms with E-state index in [1.165, 1.54) is 25.7 Å². The second-order valence-corrected chi connectivity index (χ2v) is 5.91. The maximum atomic E-state index is 6.35. The first-order valence-electron chi connectivity index (χ1n) is 6.68. The SMILES string of the molecule is CC1CCCCC1N(C)CC1(N)CCOC1. The third-order valence-electron chi connectivity index (χ3n) is 4.33. The van der Waals surface area contributed by atoms with Crippen LogP contribution in [0.5, 0.6) is 0 Å². The Morgan fingerprint density at radius 2 is 2.12 bits per heavy atom. The molecule has 3 nitrogen and oxygen atoms in total. The Bertz CT molecular complexity index is 226. The van der Waals surface area contributed by atoms with E-state index in [-0.39, 0.29) is 5.54 Å². The summed E-state index contributed by atoms with van der Waals surface area (Å²) in [6.45, 7) is 4.94. The Balaban J connectivity index is 1.88. The van der Waals surface area contributed by atoms with Crippen molar-refractivity contribution in [2.75, 3.05) is 26.8 Å². The van der Waals surface area contributed by atoms with E-state index < -0.39 is 0 Å². The number of ether oxygens (including phenoxy) is 1. The molecule has 3 unspecified atom stereocenters. The van der Waals surface area contributed by atoms with Gasteiger partial charge in [0.2, 0.25) is 0 Å². The third-order valence-corrected chi connectivity index (χ3v) is 4.33. The Kier molecular flexibility index (Phi) is 3.88. The van der Waals surface area contributed by atoms with Crippen molar-refractivity contribution >= 4 is 0 Å². The molecule has 0 aromatic heterocycles. The van der Waals surface area contributed by atoms with Gasteiger partial charge < -0.3 is 15.4 Å². The molecule has 2 N–H and O–H groups in total. The summed E-state index contributed by atoms with van der Waals surface area (Å²) < 4.78 is 5.42. The van der Waals surface area contributed by atoms with Gasteiger partial charge in [0.25, 0.3) is 0 Å². The van der Waals surface area contributed by atoms with E-state index in [0.29, 0.717) is 0 Å². The molecule has 2 fully saturated rings. The summed E-state index contributed by atoms with van der Waals surface area (Å²) in [5, 5.41) is 0. The molecule has 2 rings (SSSR count). The fraction of sp³-hybridized carbons (Fsp3) is 1.00. The molecule has 1 aliphatic carbocycles. The van der Waals surface area contributed by atoms with E-state index in [2.05, 4.69) is 18.9 Å². The van der Waals surface area contributed by atoms with Crippen LogP contribution in [0.3, 0.4) is 0 Å². The normalized spacial score (nSPS) is 40.5. The molecule has 0 aromatic rings. The van der Waals surface area contributed by atoms with Crippen molar-refractivity contribution in [3.05, 3.63) is 0 Å². The van der Waals surface area contributed by atoms with Crippen molar-refractivity contribution in [2.45, 2.75) is 50.6 Å². The standard InChI is InChI=1S/C13H26N2O/c1-11-5-3-4-6-12(11)15(2)9-13(14)7-8-16-10-13/h11-12H,3-10,14H2,1-2H3. The number of hydrogen-bond acceptors (Lipinski definition) is 3. The molecule has 94 valence electrons. The fourth-order valence-electron chi connectivity index (χ4n) is 3.31. The molecule has 1 saturated carbocycles. The van der Waals surface area contributed by atoms with Gasteiger partial charge in [-0.3, -0.25) is 0 Å². The van der Waals surface area contributed by atoms with E-state index in [1.807, 2.05) is 0 Å². The summed E-state index contributed by atoms with van der Waals surface area (Å²) in [6, 6.07) is 0.731. The monoisotopic (exact) mass is 226 g/mol. The molecular weight excluding hydrogens is 200 g/mol. The molecular formula is C13H26N2O. The largest absolute Gasteiger partial charge is 0.379 e. The lowest BCUT2D eigenvalue weighted by atomic mass is 9.84. The average Bonchev–Trinajstić information content (AvgIpc) is 2.65. The van der Waals surface area contributed by atoms with Gasteiger partial charge in [0.05, 0.1) is 12.1 Å². The van der Waals surface area contributed by atoms with E-state index in [4.69, 9.17) is 10.5 Å². The maximum absolute atomic E-state index is 6.35. The van der Waals surface area contributed by atoms with Crippen molar-refractivity contribution < 1.29 is 4.74 Å². The molecule has 3 heteroatoms. The molecule has 0 radical (unpaired) electrons. The molecule has 2 aliphatic rings. The van der Waals surface area contributed by atoms with Crippen LogP contribution in [-0.4, -0.2) is 43.3 Å². The number of rotatable bonds is 3. The molecule has 0 spiro atoms. The van der Waals surface area contributed by atoms with Gasteiger partial charge >= 0.3 is 0 Å². The van der Waals surface area contributed by atoms with Gasteiger partial charge in [0.15, 0.2) is 0 Å². The summed E-state index contributed by atoms with van der Waals surface area (Å²) in [5.41, 5.74) is 6.25. The summed E-state index contributed by atoms with van der Waals surface area (Å²) in [5.74, 6) is 0.824. The number of likely N-dealkylation sites (N-methyl/N-ethyl adjacent to an activating group) is 1. The van der Waals surface area contributed by atoms with Crippen LogP contribution in [0.25, 0.3) is 0 Å². The third kappa shape index (κ3) is 2.76. The smallest absolute Gasteiger partial charge is 0.0659 e. The number of nitrogens with two attached hydrogens (primary N) is 1. The van der Waals surface area contributed by atoms with Crippen LogP contribution in [0.1, 0.15) is 39.0 Å². The highest BCUT2D eigenvalue weighted by atomic mass is 16.5. The van der Waals surface area contributed by atoms with Gasteiger partial charge in [-0.1, -0.05) is 19.8 Å². The van der Waals surface area contributed by atoms with E-state index in [9.17, 15) is 0 Å². The lowest BCUT2D eigenvalue weighted by molar-refractivity contribution is 0.102. The zero-order chi connectivity index (χ0) is 11.6. The van der Waals surface area contributed by atoms with E-state index >= 15 is 0 Å². The summed E-state index contributed by atoms with van der Waals surface area (Å²) >= 11 is 0. The van der Waals surface area contributed by atoms with Crippen LogP contribution in [0.15, 0.2) is 0 Å². The molecule has 0 amide bonds. The first-order valence-corrected chi connectivity index (χ1v) is 6.68. The molecule has 1 heterocycles. The van der Waals surface area contributed by atoms with Crippen molar-refractivity contribution in [2.24, 2.45) is 11.7 Å². The Labute approximate surface area is 99.3 Å². The predicted octanol–water partition coefficient (Wildman–Crippen LogP) is 1.61. The van der Waals surface area contributed by atoms with Crippen LogP contribution >= 0.6 is 0 Å². The first kappa shape index (κ1) is 12.3. The molecule has 0 aromatic carbocycles. The van der Waals surface area contributed by atoms with Crippen LogP contribution < -0.4 is 5.73 Å². The minimum absolute atomic E-state index is 0.0914. The van der Waals surface area contributed by atoms with Crippen molar-refractivity contribution in [1.82, 2.24) is 4.90 Å². The number of nitrogens with zero attached hydrogens (tertiary/aromatic N) is 1. The number of hydrogen-bond donors (Lipinski definition) is 1. The van der Waals surface area contributed by atoms with E-state index in [0.717, 1.165) is 38.1 Å². The van der Waals surface area contributed by atoms with Gasteiger partial charge in [-0.2, -0.15) is 0 Å². The topological polar surface area (TPSA) is 38.5 Å². The zero-order valence-electron chi connectivity index (χ0n) is 10.7.